The zero-order chi connectivity index (χ0) is 19.3. The van der Waals surface area contributed by atoms with Crippen molar-refractivity contribution in [3.05, 3.63) is 65.8 Å². The molecule has 0 unspecified atom stereocenters. The van der Waals surface area contributed by atoms with Crippen LogP contribution in [-0.4, -0.2) is 11.6 Å². The lowest BCUT2D eigenvalue weighted by molar-refractivity contribution is -0.133. The second-order valence-electron chi connectivity index (χ2n) is 9.35. The topological polar surface area (TPSA) is 34.1 Å². The Morgan fingerprint density at radius 1 is 1.04 bits per heavy atom. The fourth-order valence-electron chi connectivity index (χ4n) is 5.82. The van der Waals surface area contributed by atoms with Crippen LogP contribution in [-0.2, 0) is 9.59 Å². The third-order valence-corrected chi connectivity index (χ3v) is 7.28. The first-order valence-electron chi connectivity index (χ1n) is 10.0. The summed E-state index contributed by atoms with van der Waals surface area (Å²) in [6.45, 7) is 6.86. The van der Waals surface area contributed by atoms with E-state index in [9.17, 15) is 9.59 Å². The van der Waals surface area contributed by atoms with E-state index in [0.717, 1.165) is 30.4 Å². The second kappa shape index (κ2) is 6.15. The molecule has 140 valence electrons. The quantitative estimate of drug-likeness (QED) is 0.692. The third-order valence-electron chi connectivity index (χ3n) is 7.28. The average molecular weight is 360 g/mol. The van der Waals surface area contributed by atoms with E-state index < -0.39 is 5.41 Å². The number of allylic oxidation sites excluding steroid dienone is 5. The predicted octanol–water partition coefficient (Wildman–Crippen LogP) is 5.56. The van der Waals surface area contributed by atoms with E-state index in [-0.39, 0.29) is 28.3 Å². The van der Waals surface area contributed by atoms with Crippen LogP contribution in [0.15, 0.2) is 60.2 Å². The van der Waals surface area contributed by atoms with E-state index in [1.54, 1.807) is 12.2 Å². The fraction of sp³-hybridized carbons (Fsp3) is 0.440. The number of rotatable bonds is 2. The van der Waals surface area contributed by atoms with Crippen LogP contribution >= 0.6 is 0 Å². The fourth-order valence-corrected chi connectivity index (χ4v) is 5.82. The van der Waals surface area contributed by atoms with Crippen molar-refractivity contribution in [1.29, 1.82) is 0 Å². The maximum atomic E-state index is 13.5. The number of benzene rings is 1. The Morgan fingerprint density at radius 3 is 2.52 bits per heavy atom. The van der Waals surface area contributed by atoms with Gasteiger partial charge >= 0.3 is 0 Å². The molecule has 0 saturated heterocycles. The van der Waals surface area contributed by atoms with Gasteiger partial charge in [-0.2, -0.15) is 0 Å². The van der Waals surface area contributed by atoms with Gasteiger partial charge in [-0.3, -0.25) is 9.59 Å². The maximum absolute atomic E-state index is 13.5. The summed E-state index contributed by atoms with van der Waals surface area (Å²) < 4.78 is 0. The minimum Gasteiger partial charge on any atom is -0.298 e. The monoisotopic (exact) mass is 360 g/mol. The third kappa shape index (κ3) is 2.77. The summed E-state index contributed by atoms with van der Waals surface area (Å²) in [4.78, 5) is 25.8. The second-order valence-corrected chi connectivity index (χ2v) is 9.35. The van der Waals surface area contributed by atoms with Crippen molar-refractivity contribution in [3.63, 3.8) is 0 Å². The standard InChI is InChI=1S/C25H28O2/c1-23(2)12-7-13-24(3)20(23)17-22(27)25(15-11-19(26)16-21(24)25)14-10-18-8-5-4-6-9-18/h4-6,8-11,14-16,20H,7,12-13,17H2,1-3H3/b14-10+/t20-,24-,25+/m1/s1. The number of carbonyl (C=O) groups is 2. The highest BCUT2D eigenvalue weighted by Gasteiger charge is 2.59. The van der Waals surface area contributed by atoms with Crippen molar-refractivity contribution in [2.24, 2.45) is 22.2 Å². The van der Waals surface area contributed by atoms with Gasteiger partial charge in [-0.05, 0) is 52.9 Å². The summed E-state index contributed by atoms with van der Waals surface area (Å²) in [5, 5.41) is 0. The van der Waals surface area contributed by atoms with Crippen molar-refractivity contribution in [2.45, 2.75) is 46.5 Å². The van der Waals surface area contributed by atoms with Gasteiger partial charge < -0.3 is 0 Å². The molecule has 0 aromatic heterocycles. The highest BCUT2D eigenvalue weighted by atomic mass is 16.1. The first kappa shape index (κ1) is 18.2. The Balaban J connectivity index is 1.84. The predicted molar refractivity (Wildman–Crippen MR) is 109 cm³/mol. The van der Waals surface area contributed by atoms with E-state index in [0.29, 0.717) is 6.42 Å². The molecule has 2 fully saturated rings. The molecule has 2 nitrogen and oxygen atoms in total. The van der Waals surface area contributed by atoms with Gasteiger partial charge in [0, 0.05) is 6.42 Å². The number of hydrogen-bond donors (Lipinski definition) is 0. The molecule has 0 radical (unpaired) electrons. The zero-order valence-electron chi connectivity index (χ0n) is 16.5. The van der Waals surface area contributed by atoms with E-state index in [2.05, 4.69) is 20.8 Å². The van der Waals surface area contributed by atoms with Gasteiger partial charge in [-0.1, -0.05) is 75.8 Å². The largest absolute Gasteiger partial charge is 0.298 e. The maximum Gasteiger partial charge on any atom is 0.178 e. The Morgan fingerprint density at radius 2 is 1.78 bits per heavy atom. The van der Waals surface area contributed by atoms with Crippen LogP contribution in [0.4, 0.5) is 0 Å². The molecule has 2 heteroatoms. The Hall–Kier alpha value is -2.22. The van der Waals surface area contributed by atoms with Crippen molar-refractivity contribution < 1.29 is 9.59 Å². The minimum absolute atomic E-state index is 0.00629. The normalized spacial score (nSPS) is 34.9. The minimum atomic E-state index is -0.775. The SMILES string of the molecule is CC1(C)CCC[C@@]2(C)C3=CC(=O)C=C[C@]3(/C=C/c3ccccc3)C(=O)C[C@H]12. The molecule has 3 atom stereocenters. The number of hydrogen-bond acceptors (Lipinski definition) is 2. The van der Waals surface area contributed by atoms with Gasteiger partial charge in [0.1, 0.15) is 0 Å². The zero-order valence-corrected chi connectivity index (χ0v) is 16.5. The first-order chi connectivity index (χ1) is 12.8. The summed E-state index contributed by atoms with van der Waals surface area (Å²) in [7, 11) is 0. The molecule has 2 saturated carbocycles. The molecule has 3 aliphatic rings. The van der Waals surface area contributed by atoms with E-state index >= 15 is 0 Å². The van der Waals surface area contributed by atoms with Gasteiger partial charge in [-0.15, -0.1) is 0 Å². The van der Waals surface area contributed by atoms with Gasteiger partial charge in [0.05, 0.1) is 5.41 Å². The summed E-state index contributed by atoms with van der Waals surface area (Å²) >= 11 is 0. The van der Waals surface area contributed by atoms with Gasteiger partial charge in [0.2, 0.25) is 0 Å². The highest BCUT2D eigenvalue weighted by Crippen LogP contribution is 2.64. The van der Waals surface area contributed by atoms with Crippen molar-refractivity contribution in [3.8, 4) is 0 Å². The van der Waals surface area contributed by atoms with Crippen LogP contribution in [0, 0.1) is 22.2 Å². The summed E-state index contributed by atoms with van der Waals surface area (Å²) in [5.41, 5.74) is 1.31. The smallest absolute Gasteiger partial charge is 0.178 e. The molecule has 4 rings (SSSR count). The van der Waals surface area contributed by atoms with Crippen molar-refractivity contribution in [1.82, 2.24) is 0 Å². The number of Topliss-reactive ketones (excluding diaryl/α,β-unsaturated/α-hetero) is 1. The lowest BCUT2D eigenvalue weighted by Crippen LogP contribution is -2.54. The Kier molecular flexibility index (Phi) is 4.14. The molecule has 0 aliphatic heterocycles. The lowest BCUT2D eigenvalue weighted by Gasteiger charge is -2.58. The molecule has 3 aliphatic carbocycles. The van der Waals surface area contributed by atoms with Crippen molar-refractivity contribution in [2.75, 3.05) is 0 Å². The summed E-state index contributed by atoms with van der Waals surface area (Å²) in [6.07, 6.45) is 13.2. The molecule has 27 heavy (non-hydrogen) atoms. The van der Waals surface area contributed by atoms with Crippen LogP contribution in [0.2, 0.25) is 0 Å². The summed E-state index contributed by atoms with van der Waals surface area (Å²) in [6, 6.07) is 10.1. The van der Waals surface area contributed by atoms with Crippen LogP contribution < -0.4 is 0 Å². The van der Waals surface area contributed by atoms with Crippen LogP contribution in [0.5, 0.6) is 0 Å². The Bertz CT molecular complexity index is 871. The number of carbonyl (C=O) groups excluding carboxylic acids is 2. The van der Waals surface area contributed by atoms with E-state index in [1.807, 2.05) is 48.6 Å². The number of ketones is 2. The van der Waals surface area contributed by atoms with Crippen LogP contribution in [0.25, 0.3) is 6.08 Å². The van der Waals surface area contributed by atoms with E-state index in [4.69, 9.17) is 0 Å². The molecular formula is C25H28O2. The van der Waals surface area contributed by atoms with Gasteiger partial charge in [0.25, 0.3) is 0 Å². The first-order valence-corrected chi connectivity index (χ1v) is 10.0. The molecule has 0 bridgehead atoms. The number of fused-ring (bicyclic) bond motifs is 3. The molecule has 0 N–H and O–H groups in total. The molecule has 0 heterocycles. The lowest BCUT2D eigenvalue weighted by atomic mass is 9.44. The molecule has 1 aromatic carbocycles. The van der Waals surface area contributed by atoms with E-state index in [1.165, 1.54) is 0 Å². The molecular weight excluding hydrogens is 332 g/mol. The Labute approximate surface area is 162 Å². The van der Waals surface area contributed by atoms with Crippen LogP contribution in [0.1, 0.15) is 52.0 Å². The average Bonchev–Trinajstić information content (AvgIpc) is 2.64. The van der Waals surface area contributed by atoms with Crippen molar-refractivity contribution >= 4 is 17.6 Å². The molecule has 1 aromatic rings. The molecule has 0 amide bonds. The molecule has 0 spiro atoms. The van der Waals surface area contributed by atoms with Crippen LogP contribution in [0.3, 0.4) is 0 Å². The summed E-state index contributed by atoms with van der Waals surface area (Å²) in [5.74, 6) is 0.518. The highest BCUT2D eigenvalue weighted by molar-refractivity contribution is 6.06. The van der Waals surface area contributed by atoms with Gasteiger partial charge in [0.15, 0.2) is 11.6 Å². The van der Waals surface area contributed by atoms with Gasteiger partial charge in [-0.25, -0.2) is 0 Å².